The number of carbonyl (C=O) groups is 5. The van der Waals surface area contributed by atoms with Crippen molar-refractivity contribution in [1.29, 1.82) is 0 Å². The number of rotatable bonds is 13. The maximum Gasteiger partial charge on any atom is 0.310 e. The van der Waals surface area contributed by atoms with Gasteiger partial charge in [-0.15, -0.1) is 0 Å². The molecule has 0 radical (unpaired) electrons. The largest absolute Gasteiger partial charge is 0.507 e. The monoisotopic (exact) mass is 689 g/mol. The summed E-state index contributed by atoms with van der Waals surface area (Å²) < 4.78 is 11.1. The highest BCUT2D eigenvalue weighted by Crippen LogP contribution is 2.24. The highest BCUT2D eigenvalue weighted by atomic mass is 16.7. The van der Waals surface area contributed by atoms with Gasteiger partial charge in [-0.3, -0.25) is 24.0 Å². The lowest BCUT2D eigenvalue weighted by atomic mass is 10.0. The van der Waals surface area contributed by atoms with Gasteiger partial charge in [0.2, 0.25) is 18.1 Å². The Morgan fingerprint density at radius 1 is 0.960 bits per heavy atom. The average molecular weight is 690 g/mol. The first kappa shape index (κ1) is 39.4. The Morgan fingerprint density at radius 3 is 2.14 bits per heavy atom. The number of amides is 3. The van der Waals surface area contributed by atoms with Crippen LogP contribution >= 0.6 is 0 Å². The number of carbonyl (C=O) groups excluding carboxylic acids is 5. The molecule has 4 N–H and O–H groups in total. The lowest BCUT2D eigenvalue weighted by Gasteiger charge is -2.29. The van der Waals surface area contributed by atoms with E-state index in [4.69, 9.17) is 14.6 Å². The molecule has 268 valence electrons. The molecule has 1 aliphatic rings. The van der Waals surface area contributed by atoms with E-state index in [1.54, 1.807) is 58.9 Å². The molecule has 0 bridgehead atoms. The van der Waals surface area contributed by atoms with Crippen LogP contribution < -0.4 is 15.5 Å². The second kappa shape index (κ2) is 18.6. The number of cyclic esters (lactones) is 1. The van der Waals surface area contributed by atoms with Gasteiger partial charge in [0, 0.05) is 17.2 Å². The van der Waals surface area contributed by atoms with Crippen molar-refractivity contribution in [3.8, 4) is 5.75 Å². The number of ketones is 1. The van der Waals surface area contributed by atoms with Gasteiger partial charge in [-0.05, 0) is 67.6 Å². The van der Waals surface area contributed by atoms with Gasteiger partial charge < -0.3 is 35.2 Å². The number of para-hydroxylation sites is 1. The Morgan fingerprint density at radius 2 is 1.58 bits per heavy atom. The van der Waals surface area contributed by atoms with E-state index < -0.39 is 42.1 Å². The van der Waals surface area contributed by atoms with Gasteiger partial charge in [0.25, 0.3) is 5.91 Å². The number of nitrogens with one attached hydrogen (secondary N) is 2. The number of ether oxygens (including phenoxy) is 2. The summed E-state index contributed by atoms with van der Waals surface area (Å²) in [5.41, 5.74) is 3.57. The fourth-order valence-electron chi connectivity index (χ4n) is 5.14. The molecular formula is C38H47N3O9. The second-order valence-electron chi connectivity index (χ2n) is 12.4. The molecule has 0 aromatic heterocycles. The van der Waals surface area contributed by atoms with Crippen molar-refractivity contribution in [3.63, 3.8) is 0 Å². The quantitative estimate of drug-likeness (QED) is 0.193. The van der Waals surface area contributed by atoms with Gasteiger partial charge in [0.05, 0.1) is 13.0 Å². The summed E-state index contributed by atoms with van der Waals surface area (Å²) in [7, 11) is 0. The molecular weight excluding hydrogens is 642 g/mol. The Labute approximate surface area is 292 Å². The SMILES string of the molecule is CC(C)C(=O)CO.CCC(NC(=O)c1cc(C)c(O)c(C)c1)C(=O)N(CC(=O)NC1CC(=O)OC1OCc1ccccc1)c1ccccc1C. The van der Waals surface area contributed by atoms with E-state index in [1.807, 2.05) is 49.4 Å². The van der Waals surface area contributed by atoms with Crippen LogP contribution in [0.4, 0.5) is 5.69 Å². The highest BCUT2D eigenvalue weighted by molar-refractivity contribution is 6.05. The van der Waals surface area contributed by atoms with Crippen LogP contribution in [0.25, 0.3) is 0 Å². The highest BCUT2D eigenvalue weighted by Gasteiger charge is 2.38. The minimum Gasteiger partial charge on any atom is -0.507 e. The Balaban J connectivity index is 0.000000872. The minimum atomic E-state index is -0.973. The molecule has 1 aliphatic heterocycles. The van der Waals surface area contributed by atoms with Crippen LogP contribution in [0.1, 0.15) is 66.2 Å². The number of Topliss-reactive ketones (excluding diaryl/α,β-unsaturated/α-hetero) is 1. The zero-order valence-corrected chi connectivity index (χ0v) is 29.4. The summed E-state index contributed by atoms with van der Waals surface area (Å²) in [5, 5.41) is 23.8. The fourth-order valence-corrected chi connectivity index (χ4v) is 5.14. The Hall–Kier alpha value is -5.07. The molecule has 50 heavy (non-hydrogen) atoms. The minimum absolute atomic E-state index is 0.0231. The van der Waals surface area contributed by atoms with E-state index >= 15 is 0 Å². The number of hydrogen-bond acceptors (Lipinski definition) is 9. The third-order valence-electron chi connectivity index (χ3n) is 8.10. The summed E-state index contributed by atoms with van der Waals surface area (Å²) in [5.74, 6) is -1.96. The van der Waals surface area contributed by atoms with Crippen LogP contribution in [0, 0.1) is 26.7 Å². The van der Waals surface area contributed by atoms with Crippen molar-refractivity contribution in [2.45, 2.75) is 79.4 Å². The molecule has 4 rings (SSSR count). The molecule has 12 heteroatoms. The molecule has 3 aromatic carbocycles. The summed E-state index contributed by atoms with van der Waals surface area (Å²) >= 11 is 0. The second-order valence-corrected chi connectivity index (χ2v) is 12.4. The maximum absolute atomic E-state index is 13.9. The first-order valence-corrected chi connectivity index (χ1v) is 16.5. The number of aromatic hydroxyl groups is 1. The van der Waals surface area contributed by atoms with Crippen LogP contribution in [-0.4, -0.2) is 71.2 Å². The van der Waals surface area contributed by atoms with Gasteiger partial charge in [0.1, 0.15) is 31.0 Å². The number of anilines is 1. The molecule has 3 atom stereocenters. The zero-order chi connectivity index (χ0) is 37.0. The predicted molar refractivity (Wildman–Crippen MR) is 187 cm³/mol. The predicted octanol–water partition coefficient (Wildman–Crippen LogP) is 4.04. The smallest absolute Gasteiger partial charge is 0.310 e. The van der Waals surface area contributed by atoms with Crippen LogP contribution in [0.2, 0.25) is 0 Å². The lowest BCUT2D eigenvalue weighted by molar-refractivity contribution is -0.168. The number of nitrogens with zero attached hydrogens (tertiary/aromatic N) is 1. The Bertz CT molecular complexity index is 1640. The van der Waals surface area contributed by atoms with E-state index in [2.05, 4.69) is 10.6 Å². The van der Waals surface area contributed by atoms with E-state index in [0.717, 1.165) is 11.1 Å². The van der Waals surface area contributed by atoms with Crippen LogP contribution in [0.15, 0.2) is 66.7 Å². The van der Waals surface area contributed by atoms with Crippen LogP contribution in [0.3, 0.4) is 0 Å². The number of phenols is 1. The molecule has 3 unspecified atom stereocenters. The van der Waals surface area contributed by atoms with Crippen molar-refractivity contribution in [3.05, 3.63) is 94.5 Å². The number of benzene rings is 3. The number of esters is 1. The Kier molecular flexibility index (Phi) is 14.7. The molecule has 1 saturated heterocycles. The number of aryl methyl sites for hydroxylation is 3. The topological polar surface area (TPSA) is 172 Å². The zero-order valence-electron chi connectivity index (χ0n) is 29.4. The number of aliphatic hydroxyl groups is 1. The third-order valence-corrected chi connectivity index (χ3v) is 8.10. The van der Waals surface area contributed by atoms with E-state index in [0.29, 0.717) is 22.4 Å². The van der Waals surface area contributed by atoms with Crippen LogP contribution in [0.5, 0.6) is 5.75 Å². The van der Waals surface area contributed by atoms with Gasteiger partial charge in [-0.1, -0.05) is 69.3 Å². The molecule has 0 spiro atoms. The van der Waals surface area contributed by atoms with E-state index in [9.17, 15) is 29.1 Å². The number of aliphatic hydroxyl groups excluding tert-OH is 1. The first-order valence-electron chi connectivity index (χ1n) is 16.5. The fraction of sp³-hybridized carbons (Fsp3) is 0.395. The van der Waals surface area contributed by atoms with Crippen molar-refractivity contribution >= 4 is 35.2 Å². The van der Waals surface area contributed by atoms with Gasteiger partial charge in [-0.25, -0.2) is 0 Å². The van der Waals surface area contributed by atoms with Crippen molar-refractivity contribution < 1.29 is 43.7 Å². The molecule has 0 aliphatic carbocycles. The summed E-state index contributed by atoms with van der Waals surface area (Å²) in [6, 6.07) is 18.0. The standard InChI is InChI=1S/C33H37N3O7.C5H10O2/c1-5-25(35-31(40)24-15-21(3)30(39)22(4)16-24)32(41)36(27-14-10-9-11-20(27)2)18-28(37)34-26-17-29(38)43-33(26)42-19-23-12-7-6-8-13-23;1-4(2)5(7)3-6/h6-16,25-26,33,39H,5,17-19H2,1-4H3,(H,34,37)(H,35,40);4,6H,3H2,1-2H3. The molecule has 3 amide bonds. The number of hydrogen-bond donors (Lipinski definition) is 4. The summed E-state index contributed by atoms with van der Waals surface area (Å²) in [6.07, 6.45) is -0.771. The van der Waals surface area contributed by atoms with Crippen molar-refractivity contribution in [2.24, 2.45) is 5.92 Å². The molecule has 1 heterocycles. The number of phenolic OH excluding ortho intramolecular Hbond substituents is 1. The third kappa shape index (κ3) is 11.0. The average Bonchev–Trinajstić information content (AvgIpc) is 3.45. The molecule has 3 aromatic rings. The van der Waals surface area contributed by atoms with Gasteiger partial charge >= 0.3 is 5.97 Å². The maximum atomic E-state index is 13.9. The summed E-state index contributed by atoms with van der Waals surface area (Å²) in [6.45, 7) is 10.0. The van der Waals surface area contributed by atoms with Gasteiger partial charge in [0.15, 0.2) is 5.78 Å². The molecule has 0 saturated carbocycles. The van der Waals surface area contributed by atoms with Crippen LogP contribution in [-0.2, 0) is 35.3 Å². The summed E-state index contributed by atoms with van der Waals surface area (Å²) in [4.78, 5) is 64.1. The lowest BCUT2D eigenvalue weighted by Crippen LogP contribution is -2.53. The van der Waals surface area contributed by atoms with Crippen molar-refractivity contribution in [1.82, 2.24) is 10.6 Å². The first-order chi connectivity index (χ1) is 23.7. The van der Waals surface area contributed by atoms with E-state index in [-0.39, 0.29) is 50.1 Å². The normalized spacial score (nSPS) is 15.7. The van der Waals surface area contributed by atoms with Crippen molar-refractivity contribution in [2.75, 3.05) is 18.1 Å². The molecule has 1 fully saturated rings. The van der Waals surface area contributed by atoms with Gasteiger partial charge in [-0.2, -0.15) is 0 Å². The van der Waals surface area contributed by atoms with E-state index in [1.165, 1.54) is 4.90 Å². The molecule has 12 nitrogen and oxygen atoms in total.